The minimum atomic E-state index is -1.07. The molecule has 0 bridgehead atoms. The molecule has 6 heteroatoms. The van der Waals surface area contributed by atoms with Crippen LogP contribution in [0.2, 0.25) is 5.15 Å². The fourth-order valence-corrected chi connectivity index (χ4v) is 1.67. The fraction of sp³-hybridized carbons (Fsp3) is 0.455. The largest absolute Gasteiger partial charge is 0.478 e. The van der Waals surface area contributed by atoms with E-state index in [0.29, 0.717) is 6.42 Å². The van der Waals surface area contributed by atoms with Crippen LogP contribution in [0.5, 0.6) is 0 Å². The van der Waals surface area contributed by atoms with Gasteiger partial charge in [-0.25, -0.2) is 9.78 Å². The smallest absolute Gasteiger partial charge is 0.339 e. The number of aliphatic hydroxyl groups excluding tert-OH is 1. The zero-order valence-corrected chi connectivity index (χ0v) is 10.4. The van der Waals surface area contributed by atoms with Gasteiger partial charge in [0.1, 0.15) is 16.5 Å². The van der Waals surface area contributed by atoms with E-state index in [1.807, 2.05) is 6.92 Å². The zero-order chi connectivity index (χ0) is 13.0. The molecule has 1 heterocycles. The second-order valence-corrected chi connectivity index (χ2v) is 4.35. The summed E-state index contributed by atoms with van der Waals surface area (Å²) in [5.74, 6) is -0.848. The highest BCUT2D eigenvalue weighted by molar-refractivity contribution is 6.29. The number of nitrogens with zero attached hydrogens (tertiary/aromatic N) is 1. The van der Waals surface area contributed by atoms with Crippen LogP contribution < -0.4 is 5.32 Å². The lowest BCUT2D eigenvalue weighted by Crippen LogP contribution is -2.22. The maximum Gasteiger partial charge on any atom is 0.339 e. The molecule has 0 saturated heterocycles. The summed E-state index contributed by atoms with van der Waals surface area (Å²) in [6.07, 6.45) is 0.0257. The molecule has 1 aromatic heterocycles. The zero-order valence-electron chi connectivity index (χ0n) is 9.64. The third-order valence-corrected chi connectivity index (χ3v) is 2.38. The van der Waals surface area contributed by atoms with Gasteiger partial charge in [-0.05, 0) is 32.4 Å². The van der Waals surface area contributed by atoms with Crippen molar-refractivity contribution < 1.29 is 15.0 Å². The van der Waals surface area contributed by atoms with Crippen LogP contribution in [-0.2, 0) is 0 Å². The first-order valence-corrected chi connectivity index (χ1v) is 5.62. The number of aromatic carboxylic acids is 1. The van der Waals surface area contributed by atoms with Gasteiger partial charge in [-0.1, -0.05) is 11.6 Å². The predicted molar refractivity (Wildman–Crippen MR) is 65.6 cm³/mol. The number of carboxylic acids is 1. The number of pyridine rings is 1. The van der Waals surface area contributed by atoms with E-state index in [0.717, 1.165) is 0 Å². The summed E-state index contributed by atoms with van der Waals surface area (Å²) in [7, 11) is 0. The van der Waals surface area contributed by atoms with Crippen molar-refractivity contribution >= 4 is 23.4 Å². The van der Waals surface area contributed by atoms with Crippen LogP contribution in [-0.4, -0.2) is 33.3 Å². The van der Waals surface area contributed by atoms with Crippen molar-refractivity contribution in [3.8, 4) is 0 Å². The third-order valence-electron chi connectivity index (χ3n) is 2.17. The summed E-state index contributed by atoms with van der Waals surface area (Å²) in [6, 6.07) is 2.73. The van der Waals surface area contributed by atoms with E-state index in [1.54, 1.807) is 6.92 Å². The molecule has 0 radical (unpaired) electrons. The van der Waals surface area contributed by atoms with Gasteiger partial charge in [-0.3, -0.25) is 0 Å². The SMILES string of the molecule is CC(O)CC(C)Nc1nc(Cl)ccc1C(=O)O. The third kappa shape index (κ3) is 4.20. The Bertz CT molecular complexity index is 410. The Kier molecular flexibility index (Phi) is 4.72. The van der Waals surface area contributed by atoms with E-state index >= 15 is 0 Å². The van der Waals surface area contributed by atoms with Gasteiger partial charge in [-0.15, -0.1) is 0 Å². The van der Waals surface area contributed by atoms with Crippen molar-refractivity contribution in [2.24, 2.45) is 0 Å². The van der Waals surface area contributed by atoms with Crippen LogP contribution in [0.1, 0.15) is 30.6 Å². The summed E-state index contributed by atoms with van der Waals surface area (Å²) < 4.78 is 0. The van der Waals surface area contributed by atoms with Gasteiger partial charge in [0.25, 0.3) is 0 Å². The Labute approximate surface area is 104 Å². The van der Waals surface area contributed by atoms with Crippen molar-refractivity contribution in [2.45, 2.75) is 32.4 Å². The molecule has 0 spiro atoms. The molecule has 0 saturated carbocycles. The number of carboxylic acid groups (broad SMARTS) is 1. The van der Waals surface area contributed by atoms with Crippen molar-refractivity contribution in [3.05, 3.63) is 22.8 Å². The molecule has 17 heavy (non-hydrogen) atoms. The predicted octanol–water partition coefficient (Wildman–Crippen LogP) is 2.00. The van der Waals surface area contributed by atoms with Crippen molar-refractivity contribution in [3.63, 3.8) is 0 Å². The van der Waals surface area contributed by atoms with Crippen molar-refractivity contribution in [1.29, 1.82) is 0 Å². The Morgan fingerprint density at radius 1 is 1.53 bits per heavy atom. The lowest BCUT2D eigenvalue weighted by molar-refractivity contribution is 0.0697. The van der Waals surface area contributed by atoms with Gasteiger partial charge in [0.15, 0.2) is 0 Å². The molecule has 1 aromatic rings. The number of hydrogen-bond acceptors (Lipinski definition) is 4. The molecule has 94 valence electrons. The Hall–Kier alpha value is -1.33. The highest BCUT2D eigenvalue weighted by atomic mass is 35.5. The molecule has 5 nitrogen and oxygen atoms in total. The number of anilines is 1. The van der Waals surface area contributed by atoms with Crippen LogP contribution in [0.15, 0.2) is 12.1 Å². The normalized spacial score (nSPS) is 14.1. The molecule has 0 aliphatic rings. The molecule has 0 amide bonds. The first-order chi connectivity index (χ1) is 7.90. The van der Waals surface area contributed by atoms with E-state index in [9.17, 15) is 9.90 Å². The number of halogens is 1. The van der Waals surface area contributed by atoms with Gasteiger partial charge in [-0.2, -0.15) is 0 Å². The molecule has 2 atom stereocenters. The number of carbonyl (C=O) groups is 1. The van der Waals surface area contributed by atoms with E-state index in [1.165, 1.54) is 12.1 Å². The van der Waals surface area contributed by atoms with Crippen LogP contribution in [0.25, 0.3) is 0 Å². The van der Waals surface area contributed by atoms with Crippen LogP contribution >= 0.6 is 11.6 Å². The molecule has 0 fully saturated rings. The number of rotatable bonds is 5. The second-order valence-electron chi connectivity index (χ2n) is 3.97. The minimum Gasteiger partial charge on any atom is -0.478 e. The van der Waals surface area contributed by atoms with Crippen molar-refractivity contribution in [2.75, 3.05) is 5.32 Å². The lowest BCUT2D eigenvalue weighted by atomic mass is 10.1. The van der Waals surface area contributed by atoms with E-state index in [4.69, 9.17) is 16.7 Å². The van der Waals surface area contributed by atoms with Gasteiger partial charge in [0.2, 0.25) is 0 Å². The fourth-order valence-electron chi connectivity index (χ4n) is 1.52. The lowest BCUT2D eigenvalue weighted by Gasteiger charge is -2.17. The maximum absolute atomic E-state index is 11.0. The number of hydrogen-bond donors (Lipinski definition) is 3. The average molecular weight is 259 g/mol. The van der Waals surface area contributed by atoms with Crippen molar-refractivity contribution in [1.82, 2.24) is 4.98 Å². The molecule has 2 unspecified atom stereocenters. The summed E-state index contributed by atoms with van der Waals surface area (Å²) in [5, 5.41) is 21.4. The monoisotopic (exact) mass is 258 g/mol. The molecule has 0 aromatic carbocycles. The first kappa shape index (κ1) is 13.7. The highest BCUT2D eigenvalue weighted by Crippen LogP contribution is 2.18. The summed E-state index contributed by atoms with van der Waals surface area (Å²) in [6.45, 7) is 3.50. The number of nitrogens with one attached hydrogen (secondary N) is 1. The molecule has 1 rings (SSSR count). The Morgan fingerprint density at radius 3 is 2.71 bits per heavy atom. The molecular formula is C11H15ClN2O3. The van der Waals surface area contributed by atoms with E-state index < -0.39 is 12.1 Å². The van der Waals surface area contributed by atoms with Crippen LogP contribution in [0.4, 0.5) is 5.82 Å². The molecular weight excluding hydrogens is 244 g/mol. The number of aliphatic hydroxyl groups is 1. The molecule has 0 aliphatic heterocycles. The topological polar surface area (TPSA) is 82.5 Å². The summed E-state index contributed by atoms with van der Waals surface area (Å²) in [4.78, 5) is 14.9. The quantitative estimate of drug-likeness (QED) is 0.704. The summed E-state index contributed by atoms with van der Waals surface area (Å²) in [5.41, 5.74) is 0.0619. The maximum atomic E-state index is 11.0. The molecule has 0 aliphatic carbocycles. The van der Waals surface area contributed by atoms with Gasteiger partial charge in [0.05, 0.1) is 6.10 Å². The van der Waals surface area contributed by atoms with E-state index in [-0.39, 0.29) is 22.6 Å². The Morgan fingerprint density at radius 2 is 2.18 bits per heavy atom. The van der Waals surface area contributed by atoms with Crippen LogP contribution in [0.3, 0.4) is 0 Å². The Balaban J connectivity index is 2.88. The minimum absolute atomic E-state index is 0.0619. The molecule has 3 N–H and O–H groups in total. The standard InChI is InChI=1S/C11H15ClN2O3/c1-6(5-7(2)15)13-10-8(11(16)17)3-4-9(12)14-10/h3-4,6-7,15H,5H2,1-2H3,(H,13,14)(H,16,17). The van der Waals surface area contributed by atoms with Gasteiger partial charge < -0.3 is 15.5 Å². The number of aromatic nitrogens is 1. The van der Waals surface area contributed by atoms with Gasteiger partial charge >= 0.3 is 5.97 Å². The first-order valence-electron chi connectivity index (χ1n) is 5.24. The highest BCUT2D eigenvalue weighted by Gasteiger charge is 2.14. The summed E-state index contributed by atoms with van der Waals surface area (Å²) >= 11 is 5.72. The van der Waals surface area contributed by atoms with Gasteiger partial charge in [0, 0.05) is 6.04 Å². The van der Waals surface area contributed by atoms with E-state index in [2.05, 4.69) is 10.3 Å². The average Bonchev–Trinajstić information content (AvgIpc) is 2.15. The second kappa shape index (κ2) is 5.84. The van der Waals surface area contributed by atoms with Crippen LogP contribution in [0, 0.1) is 0 Å².